The minimum absolute atomic E-state index is 0.0443. The van der Waals surface area contributed by atoms with E-state index in [-0.39, 0.29) is 67.0 Å². The molecule has 5 rings (SSSR count). The van der Waals surface area contributed by atoms with Gasteiger partial charge in [0.1, 0.15) is 28.5 Å². The maximum absolute atomic E-state index is 13.6. The fraction of sp³-hybridized carbons (Fsp3) is 0.515. The summed E-state index contributed by atoms with van der Waals surface area (Å²) < 4.78 is 11.6. The number of carbonyl (C=O) groups is 4. The van der Waals surface area contributed by atoms with Crippen LogP contribution in [0.2, 0.25) is 0 Å². The average molecular weight is 666 g/mol. The largest absolute Gasteiger partial charge is 0.443 e. The van der Waals surface area contributed by atoms with Gasteiger partial charge in [-0.05, 0) is 31.9 Å². The average Bonchev–Trinajstić information content (AvgIpc) is 3.70. The van der Waals surface area contributed by atoms with E-state index in [4.69, 9.17) is 9.15 Å². The van der Waals surface area contributed by atoms with Gasteiger partial charge in [0.2, 0.25) is 17.7 Å². The number of fused-ring (bicyclic) bond motifs is 4. The molecule has 0 unspecified atom stereocenters. The third-order valence-electron chi connectivity index (χ3n) is 8.41. The molecule has 14 heteroatoms. The van der Waals surface area contributed by atoms with E-state index in [9.17, 15) is 19.2 Å². The van der Waals surface area contributed by atoms with Gasteiger partial charge in [0.15, 0.2) is 5.69 Å². The van der Waals surface area contributed by atoms with E-state index in [0.29, 0.717) is 43.3 Å². The lowest BCUT2D eigenvalue weighted by molar-refractivity contribution is -0.142. The number of amides is 4. The number of ether oxygens (including phenoxy) is 1. The Morgan fingerprint density at radius 2 is 1.85 bits per heavy atom. The van der Waals surface area contributed by atoms with Crippen molar-refractivity contribution in [1.82, 2.24) is 35.7 Å². The van der Waals surface area contributed by atoms with E-state index < -0.39 is 24.0 Å². The smallest absolute Gasteiger partial charge is 0.274 e. The van der Waals surface area contributed by atoms with Crippen molar-refractivity contribution < 1.29 is 28.3 Å². The van der Waals surface area contributed by atoms with Crippen molar-refractivity contribution in [2.45, 2.75) is 58.2 Å². The number of aromatic nitrogens is 2. The summed E-state index contributed by atoms with van der Waals surface area (Å²) in [4.78, 5) is 66.3. The fourth-order valence-corrected chi connectivity index (χ4v) is 6.69. The van der Waals surface area contributed by atoms with E-state index in [1.807, 2.05) is 56.1 Å². The topological polar surface area (TPSA) is 159 Å². The van der Waals surface area contributed by atoms with Crippen LogP contribution in [0, 0.1) is 12.8 Å². The van der Waals surface area contributed by atoms with E-state index in [2.05, 4.69) is 25.9 Å². The summed E-state index contributed by atoms with van der Waals surface area (Å²) in [6.45, 7) is 7.83. The zero-order valence-electron chi connectivity index (χ0n) is 27.3. The Bertz CT molecular complexity index is 1560. The van der Waals surface area contributed by atoms with Crippen molar-refractivity contribution in [3.05, 3.63) is 69.3 Å². The van der Waals surface area contributed by atoms with Gasteiger partial charge in [-0.25, -0.2) is 9.97 Å². The number of hydrogen-bond acceptors (Lipinski definition) is 10. The highest BCUT2D eigenvalue weighted by atomic mass is 32.1. The molecule has 0 aliphatic carbocycles. The standard InChI is InChI=1S/C33H43N7O6S/c1-20(2)27-32-36-24(19-47-32)29(42)34-12-14-40(33(44)25-18-45-16-15-39(25)4)13-8-11-26(41)35-23(17-22-9-6-5-7-10-22)31-38-28(21(3)46-31)30(43)37-27/h5-7,9-10,19-20,23,25,27H,8,11-18H2,1-4H3,(H,34,42)(H,35,41)(H,37,43)/t23-,25+,27-/m0/s1. The zero-order chi connectivity index (χ0) is 33.5. The number of nitrogens with zero attached hydrogens (tertiary/aromatic N) is 4. The minimum atomic E-state index is -0.626. The Morgan fingerprint density at radius 3 is 2.60 bits per heavy atom. The Balaban J connectivity index is 1.44. The van der Waals surface area contributed by atoms with Crippen molar-refractivity contribution in [2.75, 3.05) is 46.4 Å². The maximum atomic E-state index is 13.6. The van der Waals surface area contributed by atoms with Crippen LogP contribution in [-0.4, -0.2) is 95.9 Å². The quantitative estimate of drug-likeness (QED) is 0.381. The molecule has 3 atom stereocenters. The predicted molar refractivity (Wildman–Crippen MR) is 175 cm³/mol. The molecular formula is C33H43N7O6S. The molecule has 0 radical (unpaired) electrons. The molecular weight excluding hydrogens is 622 g/mol. The lowest BCUT2D eigenvalue weighted by atomic mass is 10.0. The SMILES string of the molecule is Cc1oc2nc1C(=O)N[C@@H](C(C)C)c1nc(cs1)C(=O)NCCN(C(=O)[C@H]1COCCN1C)CCCC(=O)N[C@H]2Cc1ccccc1. The van der Waals surface area contributed by atoms with Crippen LogP contribution in [0.4, 0.5) is 0 Å². The Morgan fingerprint density at radius 1 is 1.06 bits per heavy atom. The first-order valence-corrected chi connectivity index (χ1v) is 16.9. The van der Waals surface area contributed by atoms with Gasteiger partial charge < -0.3 is 30.0 Å². The summed E-state index contributed by atoms with van der Waals surface area (Å²) in [6, 6.07) is 8.11. The highest BCUT2D eigenvalue weighted by Crippen LogP contribution is 2.27. The summed E-state index contributed by atoms with van der Waals surface area (Å²) in [5.74, 6) is -0.650. The molecule has 47 heavy (non-hydrogen) atoms. The Labute approximate surface area is 278 Å². The van der Waals surface area contributed by atoms with Gasteiger partial charge >= 0.3 is 0 Å². The normalized spacial score (nSPS) is 22.4. The summed E-state index contributed by atoms with van der Waals surface area (Å²) >= 11 is 1.29. The molecule has 0 spiro atoms. The van der Waals surface area contributed by atoms with Crippen LogP contribution < -0.4 is 16.0 Å². The number of morpholine rings is 1. The second kappa shape index (κ2) is 15.6. The fourth-order valence-electron chi connectivity index (χ4n) is 5.67. The van der Waals surface area contributed by atoms with Crippen LogP contribution >= 0.6 is 11.3 Å². The number of benzene rings is 1. The summed E-state index contributed by atoms with van der Waals surface area (Å²) in [5.41, 5.74) is 1.32. The number of oxazole rings is 1. The van der Waals surface area contributed by atoms with Crippen LogP contribution in [0.1, 0.15) is 82.0 Å². The van der Waals surface area contributed by atoms with Crippen LogP contribution in [0.5, 0.6) is 0 Å². The van der Waals surface area contributed by atoms with E-state index in [1.165, 1.54) is 11.3 Å². The number of aryl methyl sites for hydroxylation is 1. The van der Waals surface area contributed by atoms with E-state index >= 15 is 0 Å². The van der Waals surface area contributed by atoms with Gasteiger partial charge in [-0.1, -0.05) is 44.2 Å². The highest BCUT2D eigenvalue weighted by Gasteiger charge is 2.32. The number of nitrogens with one attached hydrogen (secondary N) is 3. The molecule has 4 amide bonds. The van der Waals surface area contributed by atoms with Gasteiger partial charge in [-0.2, -0.15) is 0 Å². The van der Waals surface area contributed by atoms with Crippen LogP contribution in [0.3, 0.4) is 0 Å². The maximum Gasteiger partial charge on any atom is 0.274 e. The molecule has 13 nitrogen and oxygen atoms in total. The van der Waals surface area contributed by atoms with Gasteiger partial charge in [0.05, 0.1) is 19.3 Å². The first kappa shape index (κ1) is 34.2. The number of likely N-dealkylation sites (N-methyl/N-ethyl adjacent to an activating group) is 1. The van der Waals surface area contributed by atoms with Crippen LogP contribution in [0.25, 0.3) is 0 Å². The third-order valence-corrected chi connectivity index (χ3v) is 9.34. The van der Waals surface area contributed by atoms with Gasteiger partial charge in [0, 0.05) is 44.4 Å². The number of carbonyl (C=O) groups excluding carboxylic acids is 4. The molecule has 2 aromatic heterocycles. The van der Waals surface area contributed by atoms with Crippen molar-refractivity contribution >= 4 is 35.0 Å². The molecule has 252 valence electrons. The Hall–Kier alpha value is -4.14. The summed E-state index contributed by atoms with van der Waals surface area (Å²) in [6.07, 6.45) is 0.941. The van der Waals surface area contributed by atoms with Gasteiger partial charge in [0.25, 0.3) is 11.8 Å². The number of hydrogen-bond donors (Lipinski definition) is 3. The van der Waals surface area contributed by atoms with Crippen LogP contribution in [0.15, 0.2) is 40.1 Å². The molecule has 3 N–H and O–H groups in total. The molecule has 4 heterocycles. The second-order valence-corrected chi connectivity index (χ2v) is 13.2. The molecule has 1 aromatic carbocycles. The first-order valence-electron chi connectivity index (χ1n) is 16.0. The van der Waals surface area contributed by atoms with Crippen molar-refractivity contribution in [3.8, 4) is 0 Å². The lowest BCUT2D eigenvalue weighted by Crippen LogP contribution is -2.54. The van der Waals surface area contributed by atoms with Crippen molar-refractivity contribution in [1.29, 1.82) is 0 Å². The number of thiazole rings is 1. The van der Waals surface area contributed by atoms with Crippen molar-refractivity contribution in [2.24, 2.45) is 5.92 Å². The van der Waals surface area contributed by atoms with E-state index in [0.717, 1.165) is 5.56 Å². The first-order chi connectivity index (χ1) is 22.6. The molecule has 4 bridgehead atoms. The lowest BCUT2D eigenvalue weighted by Gasteiger charge is -2.35. The predicted octanol–water partition coefficient (Wildman–Crippen LogP) is 2.65. The second-order valence-electron chi connectivity index (χ2n) is 12.3. The monoisotopic (exact) mass is 665 g/mol. The minimum Gasteiger partial charge on any atom is -0.443 e. The summed E-state index contributed by atoms with van der Waals surface area (Å²) in [7, 11) is 1.89. The molecule has 0 saturated carbocycles. The van der Waals surface area contributed by atoms with Gasteiger partial charge in [-0.3, -0.25) is 24.1 Å². The molecule has 1 saturated heterocycles. The highest BCUT2D eigenvalue weighted by molar-refractivity contribution is 7.09. The van der Waals surface area contributed by atoms with Crippen molar-refractivity contribution in [3.63, 3.8) is 0 Å². The van der Waals surface area contributed by atoms with E-state index in [1.54, 1.807) is 17.2 Å². The molecule has 3 aromatic rings. The van der Waals surface area contributed by atoms with Crippen LogP contribution in [-0.2, 0) is 20.7 Å². The molecule has 2 aliphatic rings. The van der Waals surface area contributed by atoms with Gasteiger partial charge in [-0.15, -0.1) is 11.3 Å². The number of rotatable bonds is 4. The summed E-state index contributed by atoms with van der Waals surface area (Å²) in [5, 5.41) is 11.2. The third kappa shape index (κ3) is 8.62. The zero-order valence-corrected chi connectivity index (χ0v) is 28.1. The molecule has 2 aliphatic heterocycles. The Kier molecular flexibility index (Phi) is 11.4. The molecule has 1 fully saturated rings.